The van der Waals surface area contributed by atoms with Gasteiger partial charge in [0.05, 0.1) is 0 Å². The van der Waals surface area contributed by atoms with Crippen LogP contribution in [0.5, 0.6) is 0 Å². The van der Waals surface area contributed by atoms with E-state index in [2.05, 4.69) is 53.1 Å². The van der Waals surface area contributed by atoms with Crippen LogP contribution in [0.1, 0.15) is 13.8 Å². The lowest BCUT2D eigenvalue weighted by atomic mass is 10.9. The highest BCUT2D eigenvalue weighted by Gasteiger charge is 2.57. The topological polar surface area (TPSA) is 83.1 Å². The summed E-state index contributed by atoms with van der Waals surface area (Å²) in [4.78, 5) is 0. The molecule has 2 radical (unpaired) electrons. The number of hydrogen-bond acceptors (Lipinski definition) is 9. The molecule has 32 heavy (non-hydrogen) atoms. The number of rotatable bonds is 17. The summed E-state index contributed by atoms with van der Waals surface area (Å²) < 4.78 is 53.8. The SMILES string of the molecule is CO[Si](OC)(OC)C(C)[Si](C)(C)O[Si](C)O[Si](C)(C)C(C)[Si](OC)(OC)OCO[Si](C)C. The van der Waals surface area contributed by atoms with E-state index in [4.69, 9.17) is 39.2 Å². The van der Waals surface area contributed by atoms with Crippen LogP contribution in [0.2, 0.25) is 56.2 Å². The highest BCUT2D eigenvalue weighted by molar-refractivity contribution is 6.93. The molecule has 0 amide bonds. The first-order chi connectivity index (χ1) is 14.6. The first-order valence-electron chi connectivity index (χ1n) is 10.7. The van der Waals surface area contributed by atoms with E-state index in [-0.39, 0.29) is 17.1 Å². The lowest BCUT2D eigenvalue weighted by Crippen LogP contribution is -2.60. The average molecular weight is 563 g/mol. The molecule has 0 saturated heterocycles. The maximum absolute atomic E-state index is 6.64. The van der Waals surface area contributed by atoms with Crippen molar-refractivity contribution in [3.63, 3.8) is 0 Å². The molecular weight excluding hydrogens is 517 g/mol. The molecule has 0 fully saturated rings. The van der Waals surface area contributed by atoms with E-state index in [1.54, 1.807) is 35.5 Å². The summed E-state index contributed by atoms with van der Waals surface area (Å²) in [7, 11) is -4.69. The molecule has 0 bridgehead atoms. The second kappa shape index (κ2) is 13.9. The van der Waals surface area contributed by atoms with Gasteiger partial charge in [0.15, 0.2) is 16.6 Å². The molecule has 0 aromatic heterocycles. The highest BCUT2D eigenvalue weighted by atomic mass is 28.5. The third kappa shape index (κ3) is 8.56. The van der Waals surface area contributed by atoms with E-state index < -0.39 is 52.6 Å². The van der Waals surface area contributed by atoms with Crippen molar-refractivity contribution < 1.29 is 39.2 Å². The summed E-state index contributed by atoms with van der Waals surface area (Å²) in [5, 5.41) is 0.0147. The molecule has 0 aliphatic rings. The van der Waals surface area contributed by atoms with Crippen molar-refractivity contribution in [2.75, 3.05) is 42.3 Å². The van der Waals surface area contributed by atoms with Gasteiger partial charge in [0.1, 0.15) is 6.79 Å². The normalized spacial score (nSPS) is 16.1. The van der Waals surface area contributed by atoms with Crippen molar-refractivity contribution in [2.45, 2.75) is 70.0 Å². The Labute approximate surface area is 203 Å². The molecule has 9 nitrogen and oxygen atoms in total. The monoisotopic (exact) mass is 562 g/mol. The minimum absolute atomic E-state index is 0.0193. The van der Waals surface area contributed by atoms with Crippen LogP contribution >= 0.6 is 0 Å². The Morgan fingerprint density at radius 1 is 0.625 bits per heavy atom. The fourth-order valence-corrected chi connectivity index (χ4v) is 24.8. The van der Waals surface area contributed by atoms with Gasteiger partial charge >= 0.3 is 26.9 Å². The molecule has 0 aromatic rings. The fraction of sp³-hybridized carbons (Fsp3) is 1.00. The smallest absolute Gasteiger partial charge is 0.435 e. The van der Waals surface area contributed by atoms with Crippen LogP contribution < -0.4 is 0 Å². The van der Waals surface area contributed by atoms with Gasteiger partial charge in [0.2, 0.25) is 9.04 Å². The Morgan fingerprint density at radius 3 is 1.28 bits per heavy atom. The molecule has 0 saturated carbocycles. The molecule has 2 atom stereocenters. The van der Waals surface area contributed by atoms with Crippen LogP contribution in [0.15, 0.2) is 0 Å². The molecule has 0 heterocycles. The van der Waals surface area contributed by atoms with Crippen molar-refractivity contribution >= 4 is 52.6 Å². The summed E-state index contributed by atoms with van der Waals surface area (Å²) in [6.07, 6.45) is 0. The molecule has 15 heteroatoms. The zero-order valence-electron chi connectivity index (χ0n) is 22.5. The Morgan fingerprint density at radius 2 is 0.969 bits per heavy atom. The zero-order chi connectivity index (χ0) is 25.4. The Bertz CT molecular complexity index is 524. The standard InChI is InChI=1S/C17H46O9Si6/c1-16(31(18-3,19-4)20-5)29(11,12)25-28(10)26-30(13,14)17(2)32(21-6,22-7)24-15-23-27(8)9/h16-17H,15H2,1-14H3. The lowest BCUT2D eigenvalue weighted by molar-refractivity contribution is 0.0246. The van der Waals surface area contributed by atoms with Gasteiger partial charge in [-0.1, -0.05) is 13.8 Å². The average Bonchev–Trinajstić information content (AvgIpc) is 2.71. The van der Waals surface area contributed by atoms with Gasteiger partial charge in [0.25, 0.3) is 0 Å². The van der Waals surface area contributed by atoms with Gasteiger partial charge < -0.3 is 39.2 Å². The highest BCUT2D eigenvalue weighted by Crippen LogP contribution is 2.37. The predicted octanol–water partition coefficient (Wildman–Crippen LogP) is 3.76. The van der Waals surface area contributed by atoms with Gasteiger partial charge in [-0.2, -0.15) is 0 Å². The summed E-state index contributed by atoms with van der Waals surface area (Å²) in [6.45, 7) is 19.1. The van der Waals surface area contributed by atoms with Crippen LogP contribution in [0, 0.1) is 0 Å². The molecule has 0 rings (SSSR count). The van der Waals surface area contributed by atoms with E-state index in [0.29, 0.717) is 0 Å². The summed E-state index contributed by atoms with van der Waals surface area (Å²) in [6, 6.07) is 0. The summed E-state index contributed by atoms with van der Waals surface area (Å²) in [5.74, 6) is 0. The third-order valence-electron chi connectivity index (χ3n) is 5.99. The molecular formula is C17H46O9Si6. The molecule has 0 N–H and O–H groups in total. The van der Waals surface area contributed by atoms with Crippen LogP contribution in [-0.4, -0.2) is 94.9 Å². The Balaban J connectivity index is 5.45. The van der Waals surface area contributed by atoms with E-state index in [9.17, 15) is 0 Å². The van der Waals surface area contributed by atoms with Crippen molar-refractivity contribution in [2.24, 2.45) is 0 Å². The summed E-state index contributed by atoms with van der Waals surface area (Å²) >= 11 is 0. The minimum atomic E-state index is -3.00. The Kier molecular flexibility index (Phi) is 14.3. The molecule has 0 aliphatic heterocycles. The van der Waals surface area contributed by atoms with Crippen LogP contribution in [-0.2, 0) is 39.2 Å². The van der Waals surface area contributed by atoms with Gasteiger partial charge in [-0.05, 0) is 45.8 Å². The van der Waals surface area contributed by atoms with Gasteiger partial charge in [-0.15, -0.1) is 0 Å². The molecule has 192 valence electrons. The zero-order valence-corrected chi connectivity index (χ0v) is 28.5. The van der Waals surface area contributed by atoms with Crippen molar-refractivity contribution in [3.8, 4) is 0 Å². The largest absolute Gasteiger partial charge is 0.504 e. The van der Waals surface area contributed by atoms with Crippen molar-refractivity contribution in [1.82, 2.24) is 0 Å². The van der Waals surface area contributed by atoms with Gasteiger partial charge in [-0.25, -0.2) is 0 Å². The van der Waals surface area contributed by atoms with Gasteiger partial charge in [0, 0.05) is 45.9 Å². The van der Waals surface area contributed by atoms with E-state index in [1.807, 2.05) is 6.55 Å². The van der Waals surface area contributed by atoms with E-state index >= 15 is 0 Å². The minimum Gasteiger partial charge on any atom is -0.435 e. The van der Waals surface area contributed by atoms with Crippen LogP contribution in [0.4, 0.5) is 0 Å². The molecule has 0 aromatic carbocycles. The third-order valence-corrected chi connectivity index (χ3v) is 29.1. The van der Waals surface area contributed by atoms with Gasteiger partial charge in [-0.3, -0.25) is 0 Å². The second-order valence-corrected chi connectivity index (χ2v) is 29.4. The molecule has 0 spiro atoms. The first-order valence-corrected chi connectivity index (χ1v) is 24.5. The van der Waals surface area contributed by atoms with Crippen molar-refractivity contribution in [1.29, 1.82) is 0 Å². The maximum Gasteiger partial charge on any atom is 0.504 e. The van der Waals surface area contributed by atoms with Crippen molar-refractivity contribution in [3.05, 3.63) is 0 Å². The fourth-order valence-electron chi connectivity index (χ4n) is 3.48. The lowest BCUT2D eigenvalue weighted by Gasteiger charge is -2.42. The van der Waals surface area contributed by atoms with Crippen LogP contribution in [0.25, 0.3) is 0 Å². The maximum atomic E-state index is 6.64. The quantitative estimate of drug-likeness (QED) is 0.194. The Hall–Kier alpha value is 0.941. The van der Waals surface area contributed by atoms with E-state index in [0.717, 1.165) is 0 Å². The molecule has 0 aliphatic carbocycles. The number of hydrogen-bond donors (Lipinski definition) is 0. The van der Waals surface area contributed by atoms with Crippen LogP contribution in [0.3, 0.4) is 0 Å². The predicted molar refractivity (Wildman–Crippen MR) is 139 cm³/mol. The first kappa shape index (κ1) is 32.9. The summed E-state index contributed by atoms with van der Waals surface area (Å²) in [5.41, 5.74) is 0. The molecule has 2 unspecified atom stereocenters. The van der Waals surface area contributed by atoms with E-state index in [1.165, 1.54) is 0 Å². The second-order valence-electron chi connectivity index (χ2n) is 8.89.